The first kappa shape index (κ1) is 18.6. The molecule has 29 heavy (non-hydrogen) atoms. The average Bonchev–Trinajstić information content (AvgIpc) is 3.23. The van der Waals surface area contributed by atoms with Crippen molar-refractivity contribution in [3.8, 4) is 0 Å². The number of rotatable bonds is 3. The van der Waals surface area contributed by atoms with Crippen LogP contribution in [-0.4, -0.2) is 68.2 Å². The molecule has 1 aromatic heterocycles. The average molecular weight is 399 g/mol. The number of ether oxygens (including phenoxy) is 2. The smallest absolute Gasteiger partial charge is 0.227 e. The molecule has 0 unspecified atom stereocenters. The molecule has 0 N–H and O–H groups in total. The van der Waals surface area contributed by atoms with Crippen molar-refractivity contribution in [3.63, 3.8) is 0 Å². The first-order valence-electron chi connectivity index (χ1n) is 10.3. The lowest BCUT2D eigenvalue weighted by molar-refractivity contribution is -0.169. The number of para-hydroxylation sites is 1. The minimum Gasteiger partial charge on any atom is -0.366 e. The Balaban J connectivity index is 1.22. The Kier molecular flexibility index (Phi) is 4.97. The van der Waals surface area contributed by atoms with Crippen LogP contribution in [0.15, 0.2) is 36.5 Å². The molecule has 1 aromatic carbocycles. The van der Waals surface area contributed by atoms with Crippen molar-refractivity contribution in [2.45, 2.75) is 18.6 Å². The number of anilines is 3. The van der Waals surface area contributed by atoms with E-state index in [0.29, 0.717) is 18.9 Å². The minimum atomic E-state index is -0.380. The van der Waals surface area contributed by atoms with E-state index in [-0.39, 0.29) is 11.6 Å². The summed E-state index contributed by atoms with van der Waals surface area (Å²) < 4.78 is 25.7. The molecule has 7 nitrogen and oxygen atoms in total. The van der Waals surface area contributed by atoms with Gasteiger partial charge < -0.3 is 24.2 Å². The zero-order valence-corrected chi connectivity index (χ0v) is 16.5. The fourth-order valence-electron chi connectivity index (χ4n) is 4.39. The van der Waals surface area contributed by atoms with Gasteiger partial charge in [0, 0.05) is 58.3 Å². The Labute approximate surface area is 170 Å². The van der Waals surface area contributed by atoms with Gasteiger partial charge in [0.1, 0.15) is 11.6 Å². The van der Waals surface area contributed by atoms with Crippen LogP contribution in [0.25, 0.3) is 0 Å². The van der Waals surface area contributed by atoms with Crippen molar-refractivity contribution < 1.29 is 13.9 Å². The molecular formula is C21H26FN5O2. The highest BCUT2D eigenvalue weighted by atomic mass is 19.1. The Morgan fingerprint density at radius 3 is 2.24 bits per heavy atom. The first-order chi connectivity index (χ1) is 14.2. The van der Waals surface area contributed by atoms with Crippen molar-refractivity contribution in [2.75, 3.05) is 67.2 Å². The lowest BCUT2D eigenvalue weighted by Gasteiger charge is -2.39. The summed E-state index contributed by atoms with van der Waals surface area (Å²) in [5, 5.41) is 0. The molecule has 4 heterocycles. The largest absolute Gasteiger partial charge is 0.366 e. The predicted molar refractivity (Wildman–Crippen MR) is 109 cm³/mol. The lowest BCUT2D eigenvalue weighted by atomic mass is 10.0. The second-order valence-electron chi connectivity index (χ2n) is 7.74. The number of benzene rings is 1. The highest BCUT2D eigenvalue weighted by molar-refractivity contribution is 5.50. The van der Waals surface area contributed by atoms with Crippen molar-refractivity contribution >= 4 is 17.5 Å². The van der Waals surface area contributed by atoms with E-state index in [4.69, 9.17) is 14.5 Å². The Morgan fingerprint density at radius 1 is 0.828 bits per heavy atom. The molecule has 2 aromatic rings. The molecule has 0 bridgehead atoms. The maximum absolute atomic E-state index is 14.1. The zero-order valence-electron chi connectivity index (χ0n) is 16.5. The third-order valence-corrected chi connectivity index (χ3v) is 6.05. The van der Waals surface area contributed by atoms with Gasteiger partial charge in [0.2, 0.25) is 5.95 Å². The maximum Gasteiger partial charge on any atom is 0.227 e. The van der Waals surface area contributed by atoms with E-state index in [1.54, 1.807) is 6.07 Å². The van der Waals surface area contributed by atoms with Gasteiger partial charge >= 0.3 is 0 Å². The predicted octanol–water partition coefficient (Wildman–Crippen LogP) is 2.29. The van der Waals surface area contributed by atoms with Gasteiger partial charge in [-0.05, 0) is 18.2 Å². The highest BCUT2D eigenvalue weighted by Gasteiger charge is 2.40. The third-order valence-electron chi connectivity index (χ3n) is 6.05. The van der Waals surface area contributed by atoms with Crippen LogP contribution in [0.1, 0.15) is 12.8 Å². The molecule has 0 amide bonds. The Bertz CT molecular complexity index is 842. The summed E-state index contributed by atoms with van der Waals surface area (Å²) in [6, 6.07) is 8.92. The van der Waals surface area contributed by atoms with E-state index >= 15 is 0 Å². The molecule has 0 atom stereocenters. The van der Waals surface area contributed by atoms with Crippen LogP contribution in [0.2, 0.25) is 0 Å². The number of piperidine rings is 1. The summed E-state index contributed by atoms with van der Waals surface area (Å²) in [5.41, 5.74) is 0.667. The van der Waals surface area contributed by atoms with Gasteiger partial charge in [-0.2, -0.15) is 4.98 Å². The van der Waals surface area contributed by atoms with Crippen molar-refractivity contribution in [2.24, 2.45) is 0 Å². The van der Waals surface area contributed by atoms with Gasteiger partial charge in [-0.25, -0.2) is 9.37 Å². The van der Waals surface area contributed by atoms with Crippen molar-refractivity contribution in [1.82, 2.24) is 9.97 Å². The molecule has 0 radical (unpaired) electrons. The summed E-state index contributed by atoms with van der Waals surface area (Å²) >= 11 is 0. The minimum absolute atomic E-state index is 0.169. The molecule has 0 saturated carbocycles. The topological polar surface area (TPSA) is 54.0 Å². The second-order valence-corrected chi connectivity index (χ2v) is 7.74. The van der Waals surface area contributed by atoms with Gasteiger partial charge in [0.15, 0.2) is 5.79 Å². The number of halogens is 1. The number of hydrogen-bond acceptors (Lipinski definition) is 7. The van der Waals surface area contributed by atoms with Crippen molar-refractivity contribution in [1.29, 1.82) is 0 Å². The SMILES string of the molecule is Fc1ccccc1N1CCN(c2nccc(N3CCC4(CC3)OCCO4)n2)CC1. The molecule has 8 heteroatoms. The molecule has 3 aliphatic heterocycles. The van der Waals surface area contributed by atoms with Crippen molar-refractivity contribution in [3.05, 3.63) is 42.3 Å². The van der Waals surface area contributed by atoms with Gasteiger partial charge in [-0.1, -0.05) is 12.1 Å². The molecule has 5 rings (SSSR count). The number of piperazine rings is 1. The van der Waals surface area contributed by atoms with Gasteiger partial charge in [0.05, 0.1) is 18.9 Å². The third kappa shape index (κ3) is 3.74. The van der Waals surface area contributed by atoms with Crippen LogP contribution in [0.3, 0.4) is 0 Å². The quantitative estimate of drug-likeness (QED) is 0.785. The van der Waals surface area contributed by atoms with Crippen LogP contribution < -0.4 is 14.7 Å². The van der Waals surface area contributed by atoms with Crippen LogP contribution in [0.5, 0.6) is 0 Å². The summed E-state index contributed by atoms with van der Waals surface area (Å²) in [6.45, 7) is 6.12. The van der Waals surface area contributed by atoms with E-state index in [9.17, 15) is 4.39 Å². The standard InChI is InChI=1S/C21H26FN5O2/c22-17-3-1-2-4-18(17)25-11-13-27(14-12-25)20-23-8-5-19(24-20)26-9-6-21(7-10-26)28-15-16-29-21/h1-5,8H,6-7,9-16H2. The summed E-state index contributed by atoms with van der Waals surface area (Å²) in [4.78, 5) is 15.8. The fourth-order valence-corrected chi connectivity index (χ4v) is 4.39. The monoisotopic (exact) mass is 399 g/mol. The van der Waals surface area contributed by atoms with Crippen LogP contribution in [0, 0.1) is 5.82 Å². The lowest BCUT2D eigenvalue weighted by Crippen LogP contribution is -2.48. The van der Waals surface area contributed by atoms with Crippen LogP contribution in [-0.2, 0) is 9.47 Å². The maximum atomic E-state index is 14.1. The van der Waals surface area contributed by atoms with E-state index in [0.717, 1.165) is 63.9 Å². The molecule has 3 aliphatic rings. The first-order valence-corrected chi connectivity index (χ1v) is 10.3. The normalized spacial score (nSPS) is 21.8. The molecule has 0 aliphatic carbocycles. The molecular weight excluding hydrogens is 373 g/mol. The summed E-state index contributed by atoms with van der Waals surface area (Å²) in [7, 11) is 0. The van der Waals surface area contributed by atoms with Gasteiger partial charge in [0.25, 0.3) is 0 Å². The zero-order chi connectivity index (χ0) is 19.7. The Morgan fingerprint density at radius 2 is 1.52 bits per heavy atom. The fraction of sp³-hybridized carbons (Fsp3) is 0.524. The van der Waals surface area contributed by atoms with E-state index in [2.05, 4.69) is 19.7 Å². The van der Waals surface area contributed by atoms with Gasteiger partial charge in [-0.15, -0.1) is 0 Å². The number of nitrogens with zero attached hydrogens (tertiary/aromatic N) is 5. The molecule has 3 saturated heterocycles. The van der Waals surface area contributed by atoms with E-state index < -0.39 is 0 Å². The van der Waals surface area contributed by atoms with Crippen LogP contribution >= 0.6 is 0 Å². The second kappa shape index (κ2) is 7.76. The molecule has 1 spiro atoms. The van der Waals surface area contributed by atoms with Gasteiger partial charge in [-0.3, -0.25) is 0 Å². The summed E-state index contributed by atoms with van der Waals surface area (Å²) in [5.74, 6) is 1.14. The van der Waals surface area contributed by atoms with E-state index in [1.807, 2.05) is 24.4 Å². The number of hydrogen-bond donors (Lipinski definition) is 0. The molecule has 154 valence electrons. The Hall–Kier alpha value is -2.45. The number of aromatic nitrogens is 2. The molecule has 3 fully saturated rings. The summed E-state index contributed by atoms with van der Waals surface area (Å²) in [6.07, 6.45) is 3.54. The highest BCUT2D eigenvalue weighted by Crippen LogP contribution is 2.33. The van der Waals surface area contributed by atoms with E-state index in [1.165, 1.54) is 6.07 Å². The van der Waals surface area contributed by atoms with Crippen LogP contribution in [0.4, 0.5) is 21.8 Å².